The summed E-state index contributed by atoms with van der Waals surface area (Å²) >= 11 is 0. The molecule has 2 aromatic carbocycles. The summed E-state index contributed by atoms with van der Waals surface area (Å²) in [6, 6.07) is 5.00. The van der Waals surface area contributed by atoms with E-state index in [2.05, 4.69) is 0 Å². The quantitative estimate of drug-likeness (QED) is 0.382. The zero-order valence-corrected chi connectivity index (χ0v) is 14.5. The molecule has 4 rings (SSSR count). The maximum absolute atomic E-state index is 13.1. The number of rotatable bonds is 1. The molecule has 0 radical (unpaired) electrons. The van der Waals surface area contributed by atoms with Crippen molar-refractivity contribution in [2.24, 2.45) is 0 Å². The van der Waals surface area contributed by atoms with Crippen molar-refractivity contribution in [1.82, 2.24) is 0 Å². The van der Waals surface area contributed by atoms with Crippen LogP contribution in [0.25, 0.3) is 22.3 Å². The molecular formula is C20H16O7. The lowest BCUT2D eigenvalue weighted by Gasteiger charge is -2.26. The monoisotopic (exact) mass is 368 g/mol. The van der Waals surface area contributed by atoms with Gasteiger partial charge in [0, 0.05) is 12.1 Å². The lowest BCUT2D eigenvalue weighted by Crippen LogP contribution is -2.22. The predicted molar refractivity (Wildman–Crippen MR) is 97.4 cm³/mol. The van der Waals surface area contributed by atoms with Gasteiger partial charge in [0.2, 0.25) is 11.2 Å². The van der Waals surface area contributed by atoms with Crippen LogP contribution in [0.4, 0.5) is 0 Å². The molecule has 0 saturated carbocycles. The van der Waals surface area contributed by atoms with Gasteiger partial charge in [-0.1, -0.05) is 5.57 Å². The van der Waals surface area contributed by atoms with Gasteiger partial charge in [0.15, 0.2) is 11.5 Å². The summed E-state index contributed by atoms with van der Waals surface area (Å²) in [6.45, 7) is 3.64. The van der Waals surface area contributed by atoms with E-state index >= 15 is 0 Å². The van der Waals surface area contributed by atoms with Gasteiger partial charge in [-0.2, -0.15) is 0 Å². The molecule has 3 aromatic rings. The van der Waals surface area contributed by atoms with Gasteiger partial charge in [0.25, 0.3) is 0 Å². The van der Waals surface area contributed by atoms with Crippen LogP contribution in [-0.4, -0.2) is 20.4 Å². The summed E-state index contributed by atoms with van der Waals surface area (Å²) in [5.74, 6) is -1.38. The van der Waals surface area contributed by atoms with Gasteiger partial charge in [0.1, 0.15) is 34.3 Å². The molecule has 1 aliphatic heterocycles. The Morgan fingerprint density at radius 2 is 1.81 bits per heavy atom. The molecule has 0 fully saturated rings. The highest BCUT2D eigenvalue weighted by molar-refractivity contribution is 5.89. The zero-order chi connectivity index (χ0) is 19.5. The minimum Gasteiger partial charge on any atom is -0.508 e. The van der Waals surface area contributed by atoms with Crippen molar-refractivity contribution in [1.29, 1.82) is 0 Å². The third-order valence-corrected chi connectivity index (χ3v) is 4.36. The molecule has 0 saturated heterocycles. The van der Waals surface area contributed by atoms with Gasteiger partial charge in [0.05, 0.1) is 11.1 Å². The van der Waals surface area contributed by atoms with Gasteiger partial charge in [-0.3, -0.25) is 4.79 Å². The fraction of sp³-hybridized carbons (Fsp3) is 0.150. The van der Waals surface area contributed by atoms with E-state index in [0.717, 1.165) is 11.6 Å². The summed E-state index contributed by atoms with van der Waals surface area (Å²) < 4.78 is 11.6. The maximum Gasteiger partial charge on any atom is 0.204 e. The Kier molecular flexibility index (Phi) is 3.56. The van der Waals surface area contributed by atoms with Crippen LogP contribution in [0, 0.1) is 0 Å². The summed E-state index contributed by atoms with van der Waals surface area (Å²) in [5.41, 5.74) is 0.767. The minimum absolute atomic E-state index is 0.00684. The normalized spacial score (nSPS) is 15.0. The van der Waals surface area contributed by atoms with E-state index in [1.54, 1.807) is 6.08 Å². The maximum atomic E-state index is 13.1. The molecular weight excluding hydrogens is 352 g/mol. The fourth-order valence-corrected chi connectivity index (χ4v) is 3.22. The molecule has 0 bridgehead atoms. The summed E-state index contributed by atoms with van der Waals surface area (Å²) in [4.78, 5) is 13.1. The van der Waals surface area contributed by atoms with Crippen LogP contribution in [0.15, 0.2) is 45.1 Å². The molecule has 0 aliphatic carbocycles. The van der Waals surface area contributed by atoms with E-state index in [1.807, 2.05) is 13.8 Å². The van der Waals surface area contributed by atoms with Crippen molar-refractivity contribution in [2.75, 3.05) is 0 Å². The molecule has 7 nitrogen and oxygen atoms in total. The summed E-state index contributed by atoms with van der Waals surface area (Å²) in [5, 5.41) is 39.8. The van der Waals surface area contributed by atoms with Crippen LogP contribution in [-0.2, 0) is 0 Å². The van der Waals surface area contributed by atoms with Crippen LogP contribution in [0.3, 0.4) is 0 Å². The second-order valence-corrected chi connectivity index (χ2v) is 6.60. The molecule has 1 aliphatic rings. The molecule has 27 heavy (non-hydrogen) atoms. The Hall–Kier alpha value is -3.61. The second-order valence-electron chi connectivity index (χ2n) is 6.60. The molecule has 7 heteroatoms. The fourth-order valence-electron chi connectivity index (χ4n) is 3.22. The number of ether oxygens (including phenoxy) is 1. The van der Waals surface area contributed by atoms with E-state index < -0.39 is 23.0 Å². The van der Waals surface area contributed by atoms with Gasteiger partial charge in [-0.15, -0.1) is 0 Å². The van der Waals surface area contributed by atoms with Crippen molar-refractivity contribution in [2.45, 2.75) is 20.0 Å². The number of hydrogen-bond acceptors (Lipinski definition) is 7. The van der Waals surface area contributed by atoms with Crippen molar-refractivity contribution < 1.29 is 29.6 Å². The van der Waals surface area contributed by atoms with Crippen LogP contribution < -0.4 is 10.2 Å². The first-order valence-electron chi connectivity index (χ1n) is 8.17. The van der Waals surface area contributed by atoms with Gasteiger partial charge in [-0.05, 0) is 32.1 Å². The first-order valence-corrected chi connectivity index (χ1v) is 8.17. The van der Waals surface area contributed by atoms with E-state index in [-0.39, 0.29) is 45.1 Å². The Morgan fingerprint density at radius 3 is 2.52 bits per heavy atom. The van der Waals surface area contributed by atoms with Crippen molar-refractivity contribution in [3.05, 3.63) is 51.7 Å². The van der Waals surface area contributed by atoms with Crippen molar-refractivity contribution >= 4 is 11.0 Å². The largest absolute Gasteiger partial charge is 0.508 e. The Bertz CT molecular complexity index is 1180. The first kappa shape index (κ1) is 16.8. The average molecular weight is 368 g/mol. The number of hydrogen-bond donors (Lipinski definition) is 4. The van der Waals surface area contributed by atoms with Gasteiger partial charge >= 0.3 is 0 Å². The smallest absolute Gasteiger partial charge is 0.204 e. The standard InChI is InChI=1S/C20H16O7/c1-8(2)5-13-16-18(25)15-12(23)6-9(21)7-14(15)26-19(16)10-3-4-11(22)17(24)20(10)27-13/h3-7,13,21-24H,1-2H3/t13-/m0/s1. The lowest BCUT2D eigenvalue weighted by atomic mass is 9.95. The highest BCUT2D eigenvalue weighted by atomic mass is 16.5. The Morgan fingerprint density at radius 1 is 1.07 bits per heavy atom. The predicted octanol–water partition coefficient (Wildman–Crippen LogP) is 3.68. The topological polar surface area (TPSA) is 120 Å². The number of fused-ring (bicyclic) bond motifs is 4. The molecule has 0 unspecified atom stereocenters. The molecule has 4 N–H and O–H groups in total. The Balaban J connectivity index is 2.16. The number of allylic oxidation sites excluding steroid dienone is 1. The minimum atomic E-state index is -0.890. The number of aromatic hydroxyl groups is 4. The van der Waals surface area contributed by atoms with Crippen LogP contribution in [0.1, 0.15) is 25.5 Å². The van der Waals surface area contributed by atoms with Crippen LogP contribution in [0.5, 0.6) is 28.7 Å². The van der Waals surface area contributed by atoms with Crippen LogP contribution in [0.2, 0.25) is 0 Å². The summed E-state index contributed by atoms with van der Waals surface area (Å²) in [7, 11) is 0. The molecule has 0 spiro atoms. The lowest BCUT2D eigenvalue weighted by molar-refractivity contribution is 0.231. The molecule has 2 heterocycles. The zero-order valence-electron chi connectivity index (χ0n) is 14.5. The number of phenols is 4. The number of phenolic OH excluding ortho intramolecular Hbond substituents is 4. The van der Waals surface area contributed by atoms with Gasteiger partial charge in [-0.25, -0.2) is 0 Å². The van der Waals surface area contributed by atoms with E-state index in [9.17, 15) is 25.2 Å². The van der Waals surface area contributed by atoms with E-state index in [4.69, 9.17) is 9.15 Å². The van der Waals surface area contributed by atoms with Crippen molar-refractivity contribution in [3.63, 3.8) is 0 Å². The molecule has 1 aromatic heterocycles. The van der Waals surface area contributed by atoms with Gasteiger partial charge < -0.3 is 29.6 Å². The molecule has 138 valence electrons. The summed E-state index contributed by atoms with van der Waals surface area (Å²) in [6.07, 6.45) is 0.782. The first-order chi connectivity index (χ1) is 12.8. The highest BCUT2D eigenvalue weighted by Gasteiger charge is 2.34. The second kappa shape index (κ2) is 5.70. The average Bonchev–Trinajstić information content (AvgIpc) is 2.57. The number of benzene rings is 2. The third-order valence-electron chi connectivity index (χ3n) is 4.36. The third kappa shape index (κ3) is 2.47. The van der Waals surface area contributed by atoms with E-state index in [0.29, 0.717) is 0 Å². The van der Waals surface area contributed by atoms with Crippen molar-refractivity contribution in [3.8, 4) is 40.1 Å². The highest BCUT2D eigenvalue weighted by Crippen LogP contribution is 2.50. The van der Waals surface area contributed by atoms with E-state index in [1.165, 1.54) is 18.2 Å². The molecule has 0 amide bonds. The Labute approximate surface area is 153 Å². The SMILES string of the molecule is CC(C)=C[C@@H]1Oc2c(ccc(O)c2O)-c2oc3cc(O)cc(O)c3c(=O)c21. The molecule has 1 atom stereocenters. The van der Waals surface area contributed by atoms with Crippen LogP contribution >= 0.6 is 0 Å².